The highest BCUT2D eigenvalue weighted by Gasteiger charge is 2.29. The number of benzene rings is 2. The second-order valence-corrected chi connectivity index (χ2v) is 9.92. The molecule has 2 aromatic carbocycles. The molecule has 0 bridgehead atoms. The number of rotatable bonds is 8. The predicted molar refractivity (Wildman–Crippen MR) is 152 cm³/mol. The van der Waals surface area contributed by atoms with E-state index in [1.165, 1.54) is 0 Å². The Bertz CT molecular complexity index is 1660. The van der Waals surface area contributed by atoms with Crippen LogP contribution in [0.15, 0.2) is 55.0 Å². The van der Waals surface area contributed by atoms with Gasteiger partial charge in [-0.25, -0.2) is 14.4 Å². The molecule has 1 aliphatic rings. The zero-order valence-electron chi connectivity index (χ0n) is 22.2. The molecule has 1 atom stereocenters. The van der Waals surface area contributed by atoms with Crippen LogP contribution in [0.3, 0.4) is 0 Å². The molecule has 40 heavy (non-hydrogen) atoms. The lowest BCUT2D eigenvalue weighted by molar-refractivity contribution is -0.124. The lowest BCUT2D eigenvalue weighted by Gasteiger charge is -2.36. The molecule has 0 radical (unpaired) electrons. The molecular formula is C28H30FN9O2. The standard InChI is InChI=1S/C28H30FN9O2/c1-37-8-10-38(11-9-37)24(16-40-2)27(39)34-23-5-3-4-19-20(14-30-26(19)23)25-21(29)15-31-28(35-25)33-18-6-7-22-17(12-18)13-32-36-22/h3-7,12-15,24,30H,8-11,16H2,1-2H3,(H,32,36)(H,34,39)(H,31,33,35)/t24-/m1/s1. The summed E-state index contributed by atoms with van der Waals surface area (Å²) in [6, 6.07) is 10.8. The Hall–Kier alpha value is -4.39. The van der Waals surface area contributed by atoms with Crippen LogP contribution in [0.4, 0.5) is 21.7 Å². The number of ether oxygens (including phenoxy) is 1. The summed E-state index contributed by atoms with van der Waals surface area (Å²) in [6.07, 6.45) is 4.57. The zero-order valence-corrected chi connectivity index (χ0v) is 22.2. The minimum absolute atomic E-state index is 0.145. The van der Waals surface area contributed by atoms with E-state index >= 15 is 4.39 Å². The van der Waals surface area contributed by atoms with Gasteiger partial charge in [-0.15, -0.1) is 0 Å². The summed E-state index contributed by atoms with van der Waals surface area (Å²) in [5, 5.41) is 14.8. The van der Waals surface area contributed by atoms with Crippen molar-refractivity contribution in [1.29, 1.82) is 0 Å². The van der Waals surface area contributed by atoms with Gasteiger partial charge in [-0.1, -0.05) is 12.1 Å². The maximum absolute atomic E-state index is 15.0. The first kappa shape index (κ1) is 25.9. The minimum Gasteiger partial charge on any atom is -0.383 e. The summed E-state index contributed by atoms with van der Waals surface area (Å²) in [6.45, 7) is 3.64. The van der Waals surface area contributed by atoms with Crippen LogP contribution in [-0.4, -0.2) is 93.8 Å². The van der Waals surface area contributed by atoms with E-state index in [4.69, 9.17) is 4.74 Å². The van der Waals surface area contributed by atoms with Gasteiger partial charge in [0, 0.05) is 61.5 Å². The summed E-state index contributed by atoms with van der Waals surface area (Å²) in [5.41, 5.74) is 3.65. The molecule has 1 amide bonds. The third kappa shape index (κ3) is 5.11. The Labute approximate surface area is 229 Å². The monoisotopic (exact) mass is 543 g/mol. The van der Waals surface area contributed by atoms with Crippen molar-refractivity contribution < 1.29 is 13.9 Å². The van der Waals surface area contributed by atoms with Crippen LogP contribution in [0.5, 0.6) is 0 Å². The van der Waals surface area contributed by atoms with Gasteiger partial charge in [0.15, 0.2) is 5.82 Å². The van der Waals surface area contributed by atoms with Gasteiger partial charge >= 0.3 is 0 Å². The maximum Gasteiger partial charge on any atom is 0.244 e. The highest BCUT2D eigenvalue weighted by atomic mass is 19.1. The number of nitrogens with one attached hydrogen (secondary N) is 4. The molecule has 4 heterocycles. The van der Waals surface area contributed by atoms with Gasteiger partial charge in [0.25, 0.3) is 0 Å². The number of hydrogen-bond acceptors (Lipinski definition) is 8. The number of H-pyrrole nitrogens is 2. The first-order valence-corrected chi connectivity index (χ1v) is 13.1. The SMILES string of the molecule is COC[C@H](C(=O)Nc1cccc2c(-c3nc(Nc4ccc5[nH]ncc5c4)ncc3F)c[nH]c12)N1CCN(C)CC1. The maximum atomic E-state index is 15.0. The fraction of sp³-hybridized carbons (Fsp3) is 0.286. The van der Waals surface area contributed by atoms with E-state index in [1.807, 2.05) is 36.4 Å². The van der Waals surface area contributed by atoms with E-state index in [2.05, 4.69) is 52.6 Å². The number of para-hydroxylation sites is 1. The molecule has 6 rings (SSSR count). The molecule has 1 fully saturated rings. The molecular weight excluding hydrogens is 513 g/mol. The Morgan fingerprint density at radius 3 is 2.85 bits per heavy atom. The van der Waals surface area contributed by atoms with Crippen molar-refractivity contribution in [3.63, 3.8) is 0 Å². The summed E-state index contributed by atoms with van der Waals surface area (Å²) in [5.74, 6) is -0.446. The number of anilines is 3. The van der Waals surface area contributed by atoms with Crippen LogP contribution in [0.2, 0.25) is 0 Å². The molecule has 11 nitrogen and oxygen atoms in total. The first-order chi connectivity index (χ1) is 19.5. The Kier molecular flexibility index (Phi) is 7.11. The minimum atomic E-state index is -0.554. The number of carbonyl (C=O) groups is 1. The number of halogens is 1. The third-order valence-corrected chi connectivity index (χ3v) is 7.27. The number of methoxy groups -OCH3 is 1. The quantitative estimate of drug-likeness (QED) is 0.234. The number of fused-ring (bicyclic) bond motifs is 2. The Balaban J connectivity index is 1.26. The van der Waals surface area contributed by atoms with Gasteiger partial charge < -0.3 is 25.3 Å². The smallest absolute Gasteiger partial charge is 0.244 e. The van der Waals surface area contributed by atoms with E-state index in [1.54, 1.807) is 19.5 Å². The number of aromatic amines is 2. The van der Waals surface area contributed by atoms with Crippen molar-refractivity contribution >= 4 is 45.0 Å². The van der Waals surface area contributed by atoms with Crippen LogP contribution >= 0.6 is 0 Å². The van der Waals surface area contributed by atoms with E-state index in [-0.39, 0.29) is 24.2 Å². The van der Waals surface area contributed by atoms with Gasteiger partial charge in [0.1, 0.15) is 11.7 Å². The summed E-state index contributed by atoms with van der Waals surface area (Å²) in [4.78, 5) is 29.6. The third-order valence-electron chi connectivity index (χ3n) is 7.27. The number of aromatic nitrogens is 5. The predicted octanol–water partition coefficient (Wildman–Crippen LogP) is 3.58. The topological polar surface area (TPSA) is 127 Å². The van der Waals surface area contributed by atoms with Crippen molar-refractivity contribution in [2.24, 2.45) is 0 Å². The Morgan fingerprint density at radius 2 is 2.02 bits per heavy atom. The number of hydrogen-bond donors (Lipinski definition) is 4. The second-order valence-electron chi connectivity index (χ2n) is 9.92. The van der Waals surface area contributed by atoms with Crippen LogP contribution in [-0.2, 0) is 9.53 Å². The molecule has 206 valence electrons. The normalized spacial score (nSPS) is 15.5. The van der Waals surface area contributed by atoms with E-state index in [9.17, 15) is 4.79 Å². The molecule has 12 heteroatoms. The van der Waals surface area contributed by atoms with Crippen molar-refractivity contribution in [3.8, 4) is 11.3 Å². The fourth-order valence-electron chi connectivity index (χ4n) is 5.07. The van der Waals surface area contributed by atoms with Crippen molar-refractivity contribution in [3.05, 3.63) is 60.8 Å². The summed E-state index contributed by atoms with van der Waals surface area (Å²) in [7, 11) is 3.68. The highest BCUT2D eigenvalue weighted by molar-refractivity contribution is 6.06. The lowest BCUT2D eigenvalue weighted by atomic mass is 10.1. The molecule has 3 aromatic heterocycles. The number of nitrogens with zero attached hydrogens (tertiary/aromatic N) is 5. The number of piperazine rings is 1. The largest absolute Gasteiger partial charge is 0.383 e. The van der Waals surface area contributed by atoms with E-state index in [0.717, 1.165) is 54.4 Å². The second kappa shape index (κ2) is 11.0. The van der Waals surface area contributed by atoms with Crippen molar-refractivity contribution in [1.82, 2.24) is 34.9 Å². The number of amides is 1. The first-order valence-electron chi connectivity index (χ1n) is 13.1. The molecule has 0 aliphatic carbocycles. The average Bonchev–Trinajstić information content (AvgIpc) is 3.61. The molecule has 5 aromatic rings. The molecule has 0 spiro atoms. The average molecular weight is 544 g/mol. The van der Waals surface area contributed by atoms with Crippen LogP contribution < -0.4 is 10.6 Å². The lowest BCUT2D eigenvalue weighted by Crippen LogP contribution is -2.54. The fourth-order valence-corrected chi connectivity index (χ4v) is 5.07. The van der Waals surface area contributed by atoms with Crippen LogP contribution in [0.25, 0.3) is 33.1 Å². The molecule has 0 saturated carbocycles. The van der Waals surface area contributed by atoms with Crippen molar-refractivity contribution in [2.75, 3.05) is 57.6 Å². The summed E-state index contributed by atoms with van der Waals surface area (Å²) >= 11 is 0. The molecule has 4 N–H and O–H groups in total. The Morgan fingerprint density at radius 1 is 1.18 bits per heavy atom. The van der Waals surface area contributed by atoms with Crippen molar-refractivity contribution in [2.45, 2.75) is 6.04 Å². The molecule has 1 aliphatic heterocycles. The van der Waals surface area contributed by atoms with E-state index < -0.39 is 11.9 Å². The van der Waals surface area contributed by atoms with Gasteiger partial charge in [-0.2, -0.15) is 5.10 Å². The zero-order chi connectivity index (χ0) is 27.6. The van der Waals surface area contributed by atoms with Gasteiger partial charge in [-0.3, -0.25) is 14.8 Å². The molecule has 1 saturated heterocycles. The van der Waals surface area contributed by atoms with Crippen LogP contribution in [0, 0.1) is 5.82 Å². The number of carbonyl (C=O) groups excluding carboxylic acids is 1. The molecule has 0 unspecified atom stereocenters. The summed E-state index contributed by atoms with van der Waals surface area (Å²) < 4.78 is 20.4. The van der Waals surface area contributed by atoms with E-state index in [0.29, 0.717) is 16.8 Å². The number of likely N-dealkylation sites (N-methyl/N-ethyl adjacent to an activating group) is 1. The highest BCUT2D eigenvalue weighted by Crippen LogP contribution is 2.33. The van der Waals surface area contributed by atoms with Gasteiger partial charge in [0.2, 0.25) is 11.9 Å². The van der Waals surface area contributed by atoms with Gasteiger partial charge in [0.05, 0.1) is 35.7 Å². The van der Waals surface area contributed by atoms with Crippen LogP contribution in [0.1, 0.15) is 0 Å². The van der Waals surface area contributed by atoms with Gasteiger partial charge in [-0.05, 0) is 31.3 Å².